The summed E-state index contributed by atoms with van der Waals surface area (Å²) in [6.07, 6.45) is 2.71. The maximum Gasteiger partial charge on any atom is 0.0627 e. The average Bonchev–Trinajstić information content (AvgIpc) is 2.31. The lowest BCUT2D eigenvalue weighted by Gasteiger charge is -2.36. The molecule has 1 aliphatic rings. The van der Waals surface area contributed by atoms with Gasteiger partial charge in [-0.2, -0.15) is 0 Å². The summed E-state index contributed by atoms with van der Waals surface area (Å²) in [6.45, 7) is 2.30. The smallest absolute Gasteiger partial charge is 0.0627 e. The molecule has 2 nitrogen and oxygen atoms in total. The fourth-order valence-electron chi connectivity index (χ4n) is 2.62. The predicted molar refractivity (Wildman–Crippen MR) is 66.5 cm³/mol. The van der Waals surface area contributed by atoms with Gasteiger partial charge in [-0.05, 0) is 25.5 Å². The van der Waals surface area contributed by atoms with Crippen molar-refractivity contribution in [2.75, 3.05) is 27.2 Å². The van der Waals surface area contributed by atoms with Gasteiger partial charge in [0.1, 0.15) is 0 Å². The van der Waals surface area contributed by atoms with Crippen LogP contribution in [-0.2, 0) is 11.2 Å². The molecule has 0 radical (unpaired) electrons. The van der Waals surface area contributed by atoms with Crippen LogP contribution in [0.5, 0.6) is 0 Å². The van der Waals surface area contributed by atoms with Crippen LogP contribution in [0, 0.1) is 5.92 Å². The Labute approximate surface area is 98.2 Å². The summed E-state index contributed by atoms with van der Waals surface area (Å²) in [5.74, 6) is 0.631. The van der Waals surface area contributed by atoms with Crippen molar-refractivity contribution in [1.82, 2.24) is 4.90 Å². The lowest BCUT2D eigenvalue weighted by atomic mass is 9.89. The zero-order valence-corrected chi connectivity index (χ0v) is 10.2. The zero-order valence-electron chi connectivity index (χ0n) is 10.2. The van der Waals surface area contributed by atoms with Crippen LogP contribution in [0.2, 0.25) is 0 Å². The van der Waals surface area contributed by atoms with Crippen LogP contribution < -0.4 is 0 Å². The third-order valence-electron chi connectivity index (χ3n) is 3.51. The van der Waals surface area contributed by atoms with Crippen molar-refractivity contribution >= 4 is 0 Å². The lowest BCUT2D eigenvalue weighted by molar-refractivity contribution is 0.000548. The van der Waals surface area contributed by atoms with E-state index in [0.29, 0.717) is 12.0 Å². The third-order valence-corrected chi connectivity index (χ3v) is 3.51. The highest BCUT2D eigenvalue weighted by atomic mass is 16.5. The number of ether oxygens (including phenoxy) is 1. The molecule has 2 heteroatoms. The highest BCUT2D eigenvalue weighted by Crippen LogP contribution is 2.22. The molecule has 88 valence electrons. The van der Waals surface area contributed by atoms with Crippen LogP contribution in [0.4, 0.5) is 0 Å². The quantitative estimate of drug-likeness (QED) is 0.772. The Bertz CT molecular complexity index is 312. The van der Waals surface area contributed by atoms with Gasteiger partial charge in [0.2, 0.25) is 0 Å². The molecule has 2 atom stereocenters. The van der Waals surface area contributed by atoms with E-state index in [2.05, 4.69) is 42.3 Å². The Hall–Kier alpha value is -0.860. The van der Waals surface area contributed by atoms with Crippen LogP contribution in [-0.4, -0.2) is 38.3 Å². The van der Waals surface area contributed by atoms with E-state index in [1.807, 2.05) is 7.11 Å². The van der Waals surface area contributed by atoms with Gasteiger partial charge in [-0.3, -0.25) is 0 Å². The molecule has 0 amide bonds. The molecule has 2 unspecified atom stereocenters. The molecule has 1 aromatic carbocycles. The fourth-order valence-corrected chi connectivity index (χ4v) is 2.62. The Morgan fingerprint density at radius 3 is 2.75 bits per heavy atom. The Kier molecular flexibility index (Phi) is 3.97. The van der Waals surface area contributed by atoms with Crippen molar-refractivity contribution in [2.24, 2.45) is 5.92 Å². The van der Waals surface area contributed by atoms with Crippen molar-refractivity contribution in [1.29, 1.82) is 0 Å². The average molecular weight is 219 g/mol. The third kappa shape index (κ3) is 2.83. The first kappa shape index (κ1) is 11.6. The van der Waals surface area contributed by atoms with E-state index in [9.17, 15) is 0 Å². The van der Waals surface area contributed by atoms with Crippen LogP contribution in [0.3, 0.4) is 0 Å². The summed E-state index contributed by atoms with van der Waals surface area (Å²) in [5.41, 5.74) is 1.42. The first-order valence-corrected chi connectivity index (χ1v) is 6.05. The molecule has 0 spiro atoms. The van der Waals surface area contributed by atoms with Crippen molar-refractivity contribution < 1.29 is 4.74 Å². The summed E-state index contributed by atoms with van der Waals surface area (Å²) >= 11 is 0. The van der Waals surface area contributed by atoms with Gasteiger partial charge < -0.3 is 9.64 Å². The number of hydrogen-bond acceptors (Lipinski definition) is 2. The van der Waals surface area contributed by atoms with Gasteiger partial charge in [0, 0.05) is 26.1 Å². The maximum absolute atomic E-state index is 5.60. The molecule has 1 aliphatic heterocycles. The highest BCUT2D eigenvalue weighted by molar-refractivity contribution is 5.15. The molecule has 1 fully saturated rings. The van der Waals surface area contributed by atoms with E-state index in [0.717, 1.165) is 25.9 Å². The van der Waals surface area contributed by atoms with Crippen LogP contribution in [0.1, 0.15) is 12.0 Å². The molecule has 16 heavy (non-hydrogen) atoms. The molecule has 2 rings (SSSR count). The van der Waals surface area contributed by atoms with E-state index in [-0.39, 0.29) is 0 Å². The number of hydrogen-bond donors (Lipinski definition) is 0. The van der Waals surface area contributed by atoms with E-state index in [1.165, 1.54) is 5.56 Å². The van der Waals surface area contributed by atoms with Crippen molar-refractivity contribution in [3.63, 3.8) is 0 Å². The van der Waals surface area contributed by atoms with Crippen molar-refractivity contribution in [3.8, 4) is 0 Å². The zero-order chi connectivity index (χ0) is 11.4. The standard InChI is InChI=1S/C14H21NO/c1-15-9-8-14(16-2)13(11-15)10-12-6-4-3-5-7-12/h3-7,13-14H,8-11H2,1-2H3. The van der Waals surface area contributed by atoms with Crippen LogP contribution in [0.15, 0.2) is 30.3 Å². The molecule has 0 bridgehead atoms. The minimum atomic E-state index is 0.427. The first-order chi connectivity index (χ1) is 7.79. The second kappa shape index (κ2) is 5.46. The predicted octanol–water partition coefficient (Wildman–Crippen LogP) is 2.20. The maximum atomic E-state index is 5.60. The van der Waals surface area contributed by atoms with Gasteiger partial charge in [0.25, 0.3) is 0 Å². The molecule has 1 saturated heterocycles. The SMILES string of the molecule is COC1CCN(C)CC1Cc1ccccc1. The Balaban J connectivity index is 2.01. The molecule has 0 aromatic heterocycles. The molecule has 1 aromatic rings. The van der Waals surface area contributed by atoms with Crippen LogP contribution in [0.25, 0.3) is 0 Å². The van der Waals surface area contributed by atoms with E-state index in [1.54, 1.807) is 0 Å². The molecule has 0 N–H and O–H groups in total. The Morgan fingerprint density at radius 2 is 2.06 bits per heavy atom. The van der Waals surface area contributed by atoms with Gasteiger partial charge in [-0.15, -0.1) is 0 Å². The number of piperidine rings is 1. The fraction of sp³-hybridized carbons (Fsp3) is 0.571. The van der Waals surface area contributed by atoms with E-state index >= 15 is 0 Å². The summed E-state index contributed by atoms with van der Waals surface area (Å²) in [4.78, 5) is 2.41. The van der Waals surface area contributed by atoms with Gasteiger partial charge in [-0.25, -0.2) is 0 Å². The minimum Gasteiger partial charge on any atom is -0.381 e. The summed E-state index contributed by atoms with van der Waals surface area (Å²) in [6, 6.07) is 10.7. The molecule has 1 heterocycles. The first-order valence-electron chi connectivity index (χ1n) is 6.05. The second-order valence-electron chi connectivity index (χ2n) is 4.77. The largest absolute Gasteiger partial charge is 0.381 e. The van der Waals surface area contributed by atoms with Crippen molar-refractivity contribution in [2.45, 2.75) is 18.9 Å². The van der Waals surface area contributed by atoms with E-state index in [4.69, 9.17) is 4.74 Å². The van der Waals surface area contributed by atoms with Crippen LogP contribution >= 0.6 is 0 Å². The number of benzene rings is 1. The second-order valence-corrected chi connectivity index (χ2v) is 4.77. The topological polar surface area (TPSA) is 12.5 Å². The minimum absolute atomic E-state index is 0.427. The normalized spacial score (nSPS) is 26.9. The lowest BCUT2D eigenvalue weighted by Crippen LogP contribution is -2.42. The summed E-state index contributed by atoms with van der Waals surface area (Å²) in [5, 5.41) is 0. The monoisotopic (exact) mass is 219 g/mol. The van der Waals surface area contributed by atoms with Gasteiger partial charge in [-0.1, -0.05) is 30.3 Å². The molecular weight excluding hydrogens is 198 g/mol. The van der Waals surface area contributed by atoms with Crippen molar-refractivity contribution in [3.05, 3.63) is 35.9 Å². The van der Waals surface area contributed by atoms with Gasteiger partial charge in [0.15, 0.2) is 0 Å². The summed E-state index contributed by atoms with van der Waals surface area (Å²) in [7, 11) is 4.04. The van der Waals surface area contributed by atoms with E-state index < -0.39 is 0 Å². The van der Waals surface area contributed by atoms with Gasteiger partial charge in [0.05, 0.1) is 6.10 Å². The summed E-state index contributed by atoms with van der Waals surface area (Å²) < 4.78 is 5.60. The number of rotatable bonds is 3. The number of likely N-dealkylation sites (tertiary alicyclic amines) is 1. The molecule has 0 saturated carbocycles. The number of nitrogens with zero attached hydrogens (tertiary/aromatic N) is 1. The van der Waals surface area contributed by atoms with Gasteiger partial charge >= 0.3 is 0 Å². The highest BCUT2D eigenvalue weighted by Gasteiger charge is 2.27. The molecular formula is C14H21NO. The Morgan fingerprint density at radius 1 is 1.31 bits per heavy atom. The molecule has 0 aliphatic carbocycles. The number of methoxy groups -OCH3 is 1.